The molecule has 0 radical (unpaired) electrons. The average Bonchev–Trinajstić information content (AvgIpc) is 3.07. The molecule has 1 aliphatic carbocycles. The van der Waals surface area contributed by atoms with Crippen molar-refractivity contribution < 1.29 is 14.7 Å². The molecular formula is C12H12ClNO3. The fourth-order valence-electron chi connectivity index (χ4n) is 1.71. The number of carboxylic acids is 1. The highest BCUT2D eigenvalue weighted by molar-refractivity contribution is 6.31. The van der Waals surface area contributed by atoms with Crippen LogP contribution in [0, 0.1) is 11.8 Å². The van der Waals surface area contributed by atoms with Gasteiger partial charge in [-0.25, -0.2) is 0 Å². The topological polar surface area (TPSA) is 66.4 Å². The molecule has 1 saturated carbocycles. The van der Waals surface area contributed by atoms with Crippen molar-refractivity contribution in [3.63, 3.8) is 0 Å². The molecule has 0 spiro atoms. The van der Waals surface area contributed by atoms with Crippen molar-refractivity contribution in [2.75, 3.05) is 0 Å². The number of aliphatic carboxylic acids is 1. The molecule has 1 fully saturated rings. The van der Waals surface area contributed by atoms with Gasteiger partial charge in [-0.3, -0.25) is 9.59 Å². The summed E-state index contributed by atoms with van der Waals surface area (Å²) >= 11 is 5.94. The molecule has 1 aromatic rings. The molecule has 1 aliphatic rings. The van der Waals surface area contributed by atoms with Crippen molar-refractivity contribution in [3.8, 4) is 0 Å². The van der Waals surface area contributed by atoms with E-state index in [9.17, 15) is 9.59 Å². The van der Waals surface area contributed by atoms with Crippen molar-refractivity contribution in [2.45, 2.75) is 13.0 Å². The third-order valence-corrected chi connectivity index (χ3v) is 3.22. The lowest BCUT2D eigenvalue weighted by atomic mass is 10.2. The van der Waals surface area contributed by atoms with Gasteiger partial charge in [0.1, 0.15) is 0 Å². The molecule has 0 aliphatic heterocycles. The maximum atomic E-state index is 11.6. The number of carbonyl (C=O) groups excluding carboxylic acids is 1. The van der Waals surface area contributed by atoms with Gasteiger partial charge in [0.05, 0.1) is 11.8 Å². The summed E-state index contributed by atoms with van der Waals surface area (Å²) < 4.78 is 0. The highest BCUT2D eigenvalue weighted by atomic mass is 35.5. The summed E-state index contributed by atoms with van der Waals surface area (Å²) in [6, 6.07) is 7.23. The van der Waals surface area contributed by atoms with E-state index in [4.69, 9.17) is 16.7 Å². The molecule has 5 heteroatoms. The highest BCUT2D eigenvalue weighted by Crippen LogP contribution is 2.38. The van der Waals surface area contributed by atoms with E-state index in [0.717, 1.165) is 5.56 Å². The van der Waals surface area contributed by atoms with E-state index >= 15 is 0 Å². The number of hydrogen-bond acceptors (Lipinski definition) is 2. The van der Waals surface area contributed by atoms with Gasteiger partial charge in [0, 0.05) is 11.6 Å². The molecule has 0 aromatic heterocycles. The summed E-state index contributed by atoms with van der Waals surface area (Å²) in [5.41, 5.74) is 0.829. The molecule has 17 heavy (non-hydrogen) atoms. The van der Waals surface area contributed by atoms with Gasteiger partial charge < -0.3 is 10.4 Å². The van der Waals surface area contributed by atoms with Crippen molar-refractivity contribution >= 4 is 23.5 Å². The second kappa shape index (κ2) is 4.75. The predicted molar refractivity (Wildman–Crippen MR) is 62.5 cm³/mol. The number of carboxylic acid groups (broad SMARTS) is 1. The van der Waals surface area contributed by atoms with E-state index in [2.05, 4.69) is 5.32 Å². The monoisotopic (exact) mass is 253 g/mol. The molecule has 0 bridgehead atoms. The Balaban J connectivity index is 1.86. The van der Waals surface area contributed by atoms with Gasteiger partial charge in [0.2, 0.25) is 5.91 Å². The Morgan fingerprint density at radius 3 is 2.65 bits per heavy atom. The fourth-order valence-corrected chi connectivity index (χ4v) is 1.92. The van der Waals surface area contributed by atoms with E-state index in [1.807, 2.05) is 18.2 Å². The molecule has 0 heterocycles. The van der Waals surface area contributed by atoms with Crippen LogP contribution >= 0.6 is 11.6 Å². The van der Waals surface area contributed by atoms with Crippen molar-refractivity contribution in [1.29, 1.82) is 0 Å². The van der Waals surface area contributed by atoms with E-state index in [1.165, 1.54) is 0 Å². The van der Waals surface area contributed by atoms with Gasteiger partial charge in [-0.1, -0.05) is 29.8 Å². The summed E-state index contributed by atoms with van der Waals surface area (Å²) in [6.07, 6.45) is 0.434. The minimum absolute atomic E-state index is 0.211. The Bertz CT molecular complexity index is 461. The lowest BCUT2D eigenvalue weighted by Crippen LogP contribution is -2.26. The molecule has 2 N–H and O–H groups in total. The van der Waals surface area contributed by atoms with Crippen LogP contribution in [0.4, 0.5) is 0 Å². The molecular weight excluding hydrogens is 242 g/mol. The van der Waals surface area contributed by atoms with Crippen LogP contribution in [0.1, 0.15) is 12.0 Å². The summed E-state index contributed by atoms with van der Waals surface area (Å²) in [5.74, 6) is -2.00. The first kappa shape index (κ1) is 11.9. The van der Waals surface area contributed by atoms with Gasteiger partial charge in [-0.2, -0.15) is 0 Å². The molecule has 1 amide bonds. The van der Waals surface area contributed by atoms with Crippen LogP contribution in [0.2, 0.25) is 5.02 Å². The molecule has 0 saturated heterocycles. The molecule has 2 rings (SSSR count). The number of carbonyl (C=O) groups is 2. The lowest BCUT2D eigenvalue weighted by molar-refractivity contribution is -0.140. The molecule has 2 atom stereocenters. The third-order valence-electron chi connectivity index (χ3n) is 2.86. The predicted octanol–water partition coefficient (Wildman–Crippen LogP) is 1.68. The zero-order valence-electron chi connectivity index (χ0n) is 9.02. The second-order valence-electron chi connectivity index (χ2n) is 4.10. The van der Waals surface area contributed by atoms with Crippen LogP contribution < -0.4 is 5.32 Å². The van der Waals surface area contributed by atoms with E-state index in [-0.39, 0.29) is 11.8 Å². The minimum atomic E-state index is -0.900. The van der Waals surface area contributed by atoms with Gasteiger partial charge in [0.25, 0.3) is 0 Å². The minimum Gasteiger partial charge on any atom is -0.481 e. The number of amides is 1. The first-order valence-corrected chi connectivity index (χ1v) is 5.71. The number of halogens is 1. The third kappa shape index (κ3) is 2.77. The molecule has 1 aromatic carbocycles. The van der Waals surface area contributed by atoms with Crippen molar-refractivity contribution in [2.24, 2.45) is 11.8 Å². The van der Waals surface area contributed by atoms with Crippen LogP contribution in [0.25, 0.3) is 0 Å². The lowest BCUT2D eigenvalue weighted by Gasteiger charge is -2.06. The number of benzene rings is 1. The summed E-state index contributed by atoms with van der Waals surface area (Å²) in [5, 5.41) is 12.0. The smallest absolute Gasteiger partial charge is 0.307 e. The Hall–Kier alpha value is -1.55. The zero-order valence-corrected chi connectivity index (χ0v) is 9.78. The van der Waals surface area contributed by atoms with Crippen LogP contribution in [-0.2, 0) is 16.1 Å². The summed E-state index contributed by atoms with van der Waals surface area (Å²) in [6.45, 7) is 0.335. The van der Waals surface area contributed by atoms with E-state index in [0.29, 0.717) is 18.0 Å². The summed E-state index contributed by atoms with van der Waals surface area (Å²) in [7, 11) is 0. The quantitative estimate of drug-likeness (QED) is 0.858. The fraction of sp³-hybridized carbons (Fsp3) is 0.333. The Morgan fingerprint density at radius 2 is 2.06 bits per heavy atom. The van der Waals surface area contributed by atoms with Crippen LogP contribution in [0.3, 0.4) is 0 Å². The van der Waals surface area contributed by atoms with Crippen molar-refractivity contribution in [1.82, 2.24) is 5.32 Å². The Labute approximate surface area is 104 Å². The van der Waals surface area contributed by atoms with E-state index < -0.39 is 11.9 Å². The average molecular weight is 254 g/mol. The van der Waals surface area contributed by atoms with Gasteiger partial charge in [0.15, 0.2) is 0 Å². The van der Waals surface area contributed by atoms with Gasteiger partial charge >= 0.3 is 5.97 Å². The molecule has 90 valence electrons. The zero-order chi connectivity index (χ0) is 12.4. The number of hydrogen-bond donors (Lipinski definition) is 2. The largest absolute Gasteiger partial charge is 0.481 e. The van der Waals surface area contributed by atoms with Crippen LogP contribution in [-0.4, -0.2) is 17.0 Å². The van der Waals surface area contributed by atoms with Gasteiger partial charge in [-0.15, -0.1) is 0 Å². The van der Waals surface area contributed by atoms with Crippen molar-refractivity contribution in [3.05, 3.63) is 34.9 Å². The SMILES string of the molecule is O=C(O)[C@H]1C[C@@H]1C(=O)NCc1ccccc1Cl. The summed E-state index contributed by atoms with van der Waals surface area (Å²) in [4.78, 5) is 22.2. The normalized spacial score (nSPS) is 21.9. The molecule has 4 nitrogen and oxygen atoms in total. The second-order valence-corrected chi connectivity index (χ2v) is 4.50. The first-order valence-electron chi connectivity index (χ1n) is 5.33. The maximum Gasteiger partial charge on any atom is 0.307 e. The highest BCUT2D eigenvalue weighted by Gasteiger charge is 2.48. The Kier molecular flexibility index (Phi) is 3.33. The van der Waals surface area contributed by atoms with Gasteiger partial charge in [-0.05, 0) is 18.1 Å². The van der Waals surface area contributed by atoms with Crippen LogP contribution in [0.15, 0.2) is 24.3 Å². The number of rotatable bonds is 4. The Morgan fingerprint density at radius 1 is 1.35 bits per heavy atom. The molecule has 0 unspecified atom stereocenters. The first-order chi connectivity index (χ1) is 8.09. The standard InChI is InChI=1S/C12H12ClNO3/c13-10-4-2-1-3-7(10)6-14-11(15)8-5-9(8)12(16)17/h1-4,8-9H,5-6H2,(H,14,15)(H,16,17)/t8-,9-/m0/s1. The maximum absolute atomic E-state index is 11.6. The van der Waals surface area contributed by atoms with E-state index in [1.54, 1.807) is 6.07 Å². The van der Waals surface area contributed by atoms with Crippen LogP contribution in [0.5, 0.6) is 0 Å². The number of nitrogens with one attached hydrogen (secondary N) is 1.